The van der Waals surface area contributed by atoms with E-state index in [1.165, 1.54) is 0 Å². The van der Waals surface area contributed by atoms with Gasteiger partial charge < -0.3 is 10.9 Å². The second kappa shape index (κ2) is 5.88. The Morgan fingerprint density at radius 1 is 1.67 bits per heavy atom. The first-order valence-electron chi connectivity index (χ1n) is 4.49. The van der Waals surface area contributed by atoms with E-state index in [2.05, 4.69) is 5.16 Å². The lowest BCUT2D eigenvalue weighted by atomic mass is 10.2. The molecule has 15 heavy (non-hydrogen) atoms. The molecule has 0 aromatic heterocycles. The van der Waals surface area contributed by atoms with Crippen molar-refractivity contribution in [3.8, 4) is 0 Å². The summed E-state index contributed by atoms with van der Waals surface area (Å²) in [7, 11) is 0. The molecule has 3 N–H and O–H groups in total. The minimum atomic E-state index is 0.0407. The van der Waals surface area contributed by atoms with Crippen LogP contribution in [0.15, 0.2) is 34.3 Å². The maximum Gasteiger partial charge on any atom is 0.142 e. The highest BCUT2D eigenvalue weighted by Gasteiger charge is 2.08. The fourth-order valence-corrected chi connectivity index (χ4v) is 2.22. The number of hydrogen-bond donors (Lipinski definition) is 2. The summed E-state index contributed by atoms with van der Waals surface area (Å²) < 4.78 is 0. The van der Waals surface area contributed by atoms with E-state index < -0.39 is 0 Å². The molecular weight excluding hydrogens is 232 g/mol. The lowest BCUT2D eigenvalue weighted by Crippen LogP contribution is -2.22. The Balaban J connectivity index is 2.50. The first kappa shape index (κ1) is 12.2. The monoisotopic (exact) mass is 244 g/mol. The molecule has 0 bridgehead atoms. The van der Waals surface area contributed by atoms with E-state index >= 15 is 0 Å². The molecule has 0 saturated heterocycles. The number of amidine groups is 1. The van der Waals surface area contributed by atoms with Crippen LogP contribution in [0.1, 0.15) is 6.92 Å². The lowest BCUT2D eigenvalue weighted by molar-refractivity contribution is 0.315. The van der Waals surface area contributed by atoms with Gasteiger partial charge in [0.1, 0.15) is 5.84 Å². The van der Waals surface area contributed by atoms with E-state index in [9.17, 15) is 0 Å². The second-order valence-electron chi connectivity index (χ2n) is 3.19. The molecular formula is C10H13ClN2OS. The van der Waals surface area contributed by atoms with Crippen molar-refractivity contribution < 1.29 is 5.21 Å². The highest BCUT2D eigenvalue weighted by molar-refractivity contribution is 7.99. The highest BCUT2D eigenvalue weighted by atomic mass is 35.5. The number of nitrogens with zero attached hydrogens (tertiary/aromatic N) is 1. The van der Waals surface area contributed by atoms with Crippen molar-refractivity contribution in [2.75, 3.05) is 5.75 Å². The topological polar surface area (TPSA) is 58.6 Å². The summed E-state index contributed by atoms with van der Waals surface area (Å²) in [4.78, 5) is 1.08. The maximum absolute atomic E-state index is 8.48. The molecule has 0 fully saturated rings. The van der Waals surface area contributed by atoms with Crippen LogP contribution in [0.3, 0.4) is 0 Å². The average molecular weight is 245 g/mol. The van der Waals surface area contributed by atoms with Crippen LogP contribution in [0.25, 0.3) is 0 Å². The summed E-state index contributed by atoms with van der Waals surface area (Å²) in [5, 5.41) is 12.2. The number of nitrogens with two attached hydrogens (primary N) is 1. The summed E-state index contributed by atoms with van der Waals surface area (Å²) in [6.07, 6.45) is 0. The first-order chi connectivity index (χ1) is 7.13. The Hall–Kier alpha value is -0.870. The molecule has 0 saturated carbocycles. The molecule has 1 aromatic rings. The quantitative estimate of drug-likeness (QED) is 0.282. The van der Waals surface area contributed by atoms with Gasteiger partial charge in [-0.15, -0.1) is 11.8 Å². The minimum absolute atomic E-state index is 0.0407. The molecule has 0 heterocycles. The number of oxime groups is 1. The van der Waals surface area contributed by atoms with Gasteiger partial charge >= 0.3 is 0 Å². The lowest BCUT2D eigenvalue weighted by Gasteiger charge is -2.08. The first-order valence-corrected chi connectivity index (χ1v) is 5.85. The Labute approximate surface area is 98.3 Å². The van der Waals surface area contributed by atoms with E-state index in [4.69, 9.17) is 22.5 Å². The molecule has 82 valence electrons. The summed E-state index contributed by atoms with van der Waals surface area (Å²) in [6, 6.07) is 7.61. The molecule has 3 nitrogen and oxygen atoms in total. The zero-order valence-electron chi connectivity index (χ0n) is 8.35. The van der Waals surface area contributed by atoms with Gasteiger partial charge in [0.25, 0.3) is 0 Å². The third-order valence-electron chi connectivity index (χ3n) is 1.92. The normalized spacial score (nSPS) is 13.9. The van der Waals surface area contributed by atoms with Crippen LogP contribution in [0.4, 0.5) is 0 Å². The van der Waals surface area contributed by atoms with Crippen molar-refractivity contribution in [3.63, 3.8) is 0 Å². The molecule has 1 rings (SSSR count). The Morgan fingerprint density at radius 2 is 2.40 bits per heavy atom. The fourth-order valence-electron chi connectivity index (χ4n) is 0.962. The van der Waals surface area contributed by atoms with Crippen molar-refractivity contribution in [2.24, 2.45) is 16.8 Å². The second-order valence-corrected chi connectivity index (χ2v) is 4.72. The van der Waals surface area contributed by atoms with Gasteiger partial charge in [0.15, 0.2) is 0 Å². The van der Waals surface area contributed by atoms with Gasteiger partial charge in [0, 0.05) is 21.6 Å². The van der Waals surface area contributed by atoms with Crippen LogP contribution < -0.4 is 5.73 Å². The van der Waals surface area contributed by atoms with Gasteiger partial charge in [0.05, 0.1) is 0 Å². The Bertz CT molecular complexity index is 357. The molecule has 1 aromatic carbocycles. The summed E-state index contributed by atoms with van der Waals surface area (Å²) >= 11 is 7.48. The van der Waals surface area contributed by atoms with Gasteiger partial charge in [-0.3, -0.25) is 0 Å². The molecule has 1 unspecified atom stereocenters. The molecule has 0 aliphatic heterocycles. The van der Waals surface area contributed by atoms with Crippen LogP contribution in [0.5, 0.6) is 0 Å². The standard InChI is InChI=1S/C10H13ClN2OS/c1-7(10(12)13-14)6-15-9-4-2-3-8(11)5-9/h2-5,7,14H,6H2,1H3,(H2,12,13). The van der Waals surface area contributed by atoms with E-state index in [0.717, 1.165) is 15.7 Å². The molecule has 0 spiro atoms. The van der Waals surface area contributed by atoms with Crippen molar-refractivity contribution >= 4 is 29.2 Å². The van der Waals surface area contributed by atoms with Gasteiger partial charge in [0.2, 0.25) is 0 Å². The summed E-state index contributed by atoms with van der Waals surface area (Å²) in [6.45, 7) is 1.91. The van der Waals surface area contributed by atoms with Gasteiger partial charge in [-0.2, -0.15) is 0 Å². The Kier molecular flexibility index (Phi) is 4.78. The van der Waals surface area contributed by atoms with Gasteiger partial charge in [-0.25, -0.2) is 0 Å². The number of rotatable bonds is 4. The van der Waals surface area contributed by atoms with Crippen molar-refractivity contribution in [3.05, 3.63) is 29.3 Å². The summed E-state index contributed by atoms with van der Waals surface area (Å²) in [5.74, 6) is 1.06. The average Bonchev–Trinajstić information content (AvgIpc) is 2.25. The van der Waals surface area contributed by atoms with Gasteiger partial charge in [-0.05, 0) is 18.2 Å². The van der Waals surface area contributed by atoms with Crippen molar-refractivity contribution in [1.29, 1.82) is 0 Å². The van der Waals surface area contributed by atoms with Crippen molar-refractivity contribution in [1.82, 2.24) is 0 Å². The van der Waals surface area contributed by atoms with Crippen LogP contribution >= 0.6 is 23.4 Å². The predicted octanol–water partition coefficient (Wildman–Crippen LogP) is 2.81. The predicted molar refractivity (Wildman–Crippen MR) is 64.7 cm³/mol. The third-order valence-corrected chi connectivity index (χ3v) is 3.41. The van der Waals surface area contributed by atoms with Crippen LogP contribution in [0, 0.1) is 5.92 Å². The molecule has 0 aliphatic rings. The van der Waals surface area contributed by atoms with Crippen LogP contribution in [-0.2, 0) is 0 Å². The van der Waals surface area contributed by atoms with E-state index in [1.807, 2.05) is 31.2 Å². The smallest absolute Gasteiger partial charge is 0.142 e. The zero-order chi connectivity index (χ0) is 11.3. The summed E-state index contributed by atoms with van der Waals surface area (Å²) in [5.41, 5.74) is 5.47. The molecule has 1 atom stereocenters. The molecule has 0 aliphatic carbocycles. The number of benzene rings is 1. The van der Waals surface area contributed by atoms with Crippen LogP contribution in [0.2, 0.25) is 5.02 Å². The van der Waals surface area contributed by atoms with E-state index in [1.54, 1.807) is 11.8 Å². The minimum Gasteiger partial charge on any atom is -0.409 e. The highest BCUT2D eigenvalue weighted by Crippen LogP contribution is 2.23. The van der Waals surface area contributed by atoms with Gasteiger partial charge in [-0.1, -0.05) is 29.7 Å². The van der Waals surface area contributed by atoms with Crippen LogP contribution in [-0.4, -0.2) is 16.8 Å². The van der Waals surface area contributed by atoms with E-state index in [0.29, 0.717) is 0 Å². The molecule has 0 radical (unpaired) electrons. The Morgan fingerprint density at radius 3 is 3.00 bits per heavy atom. The largest absolute Gasteiger partial charge is 0.409 e. The third kappa shape index (κ3) is 4.01. The molecule has 0 amide bonds. The maximum atomic E-state index is 8.48. The van der Waals surface area contributed by atoms with Crippen molar-refractivity contribution in [2.45, 2.75) is 11.8 Å². The zero-order valence-corrected chi connectivity index (χ0v) is 9.92. The SMILES string of the molecule is CC(CSc1cccc(Cl)c1)C(N)=NO. The number of hydrogen-bond acceptors (Lipinski definition) is 3. The number of halogens is 1. The fraction of sp³-hybridized carbons (Fsp3) is 0.300. The number of thioether (sulfide) groups is 1. The van der Waals surface area contributed by atoms with E-state index in [-0.39, 0.29) is 11.8 Å². The molecule has 5 heteroatoms.